The van der Waals surface area contributed by atoms with E-state index in [0.29, 0.717) is 12.1 Å². The summed E-state index contributed by atoms with van der Waals surface area (Å²) in [6.07, 6.45) is 1.21. The summed E-state index contributed by atoms with van der Waals surface area (Å²) in [5, 5.41) is 3.35. The van der Waals surface area contributed by atoms with Gasteiger partial charge in [-0.25, -0.2) is 0 Å². The molecule has 16 heavy (non-hydrogen) atoms. The van der Waals surface area contributed by atoms with Crippen LogP contribution in [0.2, 0.25) is 4.34 Å². The van der Waals surface area contributed by atoms with Gasteiger partial charge in [0.05, 0.1) is 4.34 Å². The predicted octanol–water partition coefficient (Wildman–Crippen LogP) is 3.15. The van der Waals surface area contributed by atoms with E-state index in [9.17, 15) is 0 Å². The fourth-order valence-electron chi connectivity index (χ4n) is 2.17. The molecule has 0 saturated carbocycles. The van der Waals surface area contributed by atoms with E-state index in [4.69, 9.17) is 11.6 Å². The van der Waals surface area contributed by atoms with Crippen LogP contribution in [-0.2, 0) is 0 Å². The Hall–Kier alpha value is -0.0900. The van der Waals surface area contributed by atoms with Gasteiger partial charge in [0, 0.05) is 30.1 Å². The summed E-state index contributed by atoms with van der Waals surface area (Å²) < 4.78 is 0.894. The van der Waals surface area contributed by atoms with Crippen LogP contribution in [0, 0.1) is 0 Å². The van der Waals surface area contributed by atoms with Crippen LogP contribution < -0.4 is 5.32 Å². The molecule has 0 radical (unpaired) electrons. The third-order valence-corrected chi connectivity index (χ3v) is 4.62. The van der Waals surface area contributed by atoms with Crippen LogP contribution in [-0.4, -0.2) is 30.6 Å². The molecular weight excluding hydrogens is 240 g/mol. The van der Waals surface area contributed by atoms with E-state index in [0.717, 1.165) is 17.4 Å². The lowest BCUT2D eigenvalue weighted by atomic mass is 10.1. The highest BCUT2D eigenvalue weighted by atomic mass is 35.5. The number of thiophene rings is 1. The number of rotatable bonds is 5. The number of halogens is 1. The monoisotopic (exact) mass is 258 g/mol. The standard InChI is InChI=1S/C12H19ClN2S/c1-3-6-15(10-7-14-8-10)9(2)11-4-5-12(13)16-11/h4-5,9-10,14H,3,6-8H2,1-2H3. The molecule has 2 heterocycles. The van der Waals surface area contributed by atoms with Crippen LogP contribution in [0.25, 0.3) is 0 Å². The number of nitrogens with one attached hydrogen (secondary N) is 1. The SMILES string of the molecule is CCCN(C1CNC1)C(C)c1ccc(Cl)s1. The lowest BCUT2D eigenvalue weighted by molar-refractivity contribution is 0.104. The third-order valence-electron chi connectivity index (χ3n) is 3.21. The molecule has 0 bridgehead atoms. The number of nitrogens with zero attached hydrogens (tertiary/aromatic N) is 1. The smallest absolute Gasteiger partial charge is 0.0931 e. The average Bonchev–Trinajstić information content (AvgIpc) is 2.60. The van der Waals surface area contributed by atoms with E-state index in [1.165, 1.54) is 17.8 Å². The van der Waals surface area contributed by atoms with Gasteiger partial charge in [-0.1, -0.05) is 18.5 Å². The maximum absolute atomic E-state index is 6.00. The van der Waals surface area contributed by atoms with Crippen LogP contribution in [0.4, 0.5) is 0 Å². The van der Waals surface area contributed by atoms with Crippen LogP contribution >= 0.6 is 22.9 Å². The summed E-state index contributed by atoms with van der Waals surface area (Å²) in [6, 6.07) is 5.36. The van der Waals surface area contributed by atoms with E-state index >= 15 is 0 Å². The highest BCUT2D eigenvalue weighted by Crippen LogP contribution is 2.31. The van der Waals surface area contributed by atoms with Crippen LogP contribution in [0.5, 0.6) is 0 Å². The highest BCUT2D eigenvalue weighted by molar-refractivity contribution is 7.16. The van der Waals surface area contributed by atoms with Crippen LogP contribution in [0.1, 0.15) is 31.2 Å². The van der Waals surface area contributed by atoms with Crippen molar-refractivity contribution in [2.45, 2.75) is 32.4 Å². The zero-order chi connectivity index (χ0) is 11.5. The summed E-state index contributed by atoms with van der Waals surface area (Å²) >= 11 is 7.71. The molecule has 1 aliphatic rings. The van der Waals surface area contributed by atoms with Crippen molar-refractivity contribution in [3.8, 4) is 0 Å². The molecule has 0 amide bonds. The predicted molar refractivity (Wildman–Crippen MR) is 71.4 cm³/mol. The van der Waals surface area contributed by atoms with Gasteiger partial charge in [-0.05, 0) is 32.0 Å². The second-order valence-corrected chi connectivity index (χ2v) is 6.11. The van der Waals surface area contributed by atoms with Gasteiger partial charge in [-0.15, -0.1) is 11.3 Å². The van der Waals surface area contributed by atoms with Gasteiger partial charge in [-0.2, -0.15) is 0 Å². The Bertz CT molecular complexity index is 336. The van der Waals surface area contributed by atoms with Gasteiger partial charge >= 0.3 is 0 Å². The van der Waals surface area contributed by atoms with Crippen LogP contribution in [0.3, 0.4) is 0 Å². The molecule has 90 valence electrons. The van der Waals surface area contributed by atoms with Gasteiger partial charge in [0.2, 0.25) is 0 Å². The molecule has 1 aromatic heterocycles. The second-order valence-electron chi connectivity index (χ2n) is 4.37. The molecule has 1 atom stereocenters. The minimum atomic E-state index is 0.490. The highest BCUT2D eigenvalue weighted by Gasteiger charge is 2.28. The van der Waals surface area contributed by atoms with Gasteiger partial charge < -0.3 is 5.32 Å². The van der Waals surface area contributed by atoms with Gasteiger partial charge in [0.25, 0.3) is 0 Å². The normalized spacial score (nSPS) is 18.8. The molecule has 0 aromatic carbocycles. The van der Waals surface area contributed by atoms with E-state index in [1.54, 1.807) is 11.3 Å². The molecule has 1 saturated heterocycles. The van der Waals surface area contributed by atoms with Crippen molar-refractivity contribution in [1.82, 2.24) is 10.2 Å². The molecule has 1 fully saturated rings. The van der Waals surface area contributed by atoms with Crippen molar-refractivity contribution in [1.29, 1.82) is 0 Å². The summed E-state index contributed by atoms with van der Waals surface area (Å²) in [6.45, 7) is 7.96. The molecule has 0 spiro atoms. The molecule has 1 aromatic rings. The maximum Gasteiger partial charge on any atom is 0.0931 e. The zero-order valence-electron chi connectivity index (χ0n) is 9.87. The topological polar surface area (TPSA) is 15.3 Å². The fourth-order valence-corrected chi connectivity index (χ4v) is 3.31. The Morgan fingerprint density at radius 3 is 2.75 bits per heavy atom. The molecule has 1 aliphatic heterocycles. The van der Waals surface area contributed by atoms with Crippen molar-refractivity contribution in [3.05, 3.63) is 21.3 Å². The first-order valence-corrected chi connectivity index (χ1v) is 7.13. The maximum atomic E-state index is 6.00. The zero-order valence-corrected chi connectivity index (χ0v) is 11.4. The quantitative estimate of drug-likeness (QED) is 0.873. The van der Waals surface area contributed by atoms with E-state index in [1.807, 2.05) is 6.07 Å². The van der Waals surface area contributed by atoms with Crippen molar-refractivity contribution < 1.29 is 0 Å². The lowest BCUT2D eigenvalue weighted by Gasteiger charge is -2.41. The second kappa shape index (κ2) is 5.50. The van der Waals surface area contributed by atoms with Gasteiger partial charge in [-0.3, -0.25) is 4.90 Å². The van der Waals surface area contributed by atoms with E-state index in [2.05, 4.69) is 30.1 Å². The average molecular weight is 259 g/mol. The molecule has 1 N–H and O–H groups in total. The first-order chi connectivity index (χ1) is 7.72. The van der Waals surface area contributed by atoms with Gasteiger partial charge in [0.1, 0.15) is 0 Å². The number of hydrogen-bond acceptors (Lipinski definition) is 3. The number of hydrogen-bond donors (Lipinski definition) is 1. The summed E-state index contributed by atoms with van der Waals surface area (Å²) in [5.74, 6) is 0. The van der Waals surface area contributed by atoms with E-state index in [-0.39, 0.29) is 0 Å². The first kappa shape index (κ1) is 12.4. The summed E-state index contributed by atoms with van der Waals surface area (Å²) in [4.78, 5) is 3.98. The van der Waals surface area contributed by atoms with Gasteiger partial charge in [0.15, 0.2) is 0 Å². The van der Waals surface area contributed by atoms with Crippen LogP contribution in [0.15, 0.2) is 12.1 Å². The molecular formula is C12H19ClN2S. The van der Waals surface area contributed by atoms with Crippen molar-refractivity contribution in [2.75, 3.05) is 19.6 Å². The Morgan fingerprint density at radius 2 is 2.31 bits per heavy atom. The fraction of sp³-hybridized carbons (Fsp3) is 0.667. The molecule has 2 nitrogen and oxygen atoms in total. The Morgan fingerprint density at radius 1 is 1.56 bits per heavy atom. The summed E-state index contributed by atoms with van der Waals surface area (Å²) in [5.41, 5.74) is 0. The molecule has 1 unspecified atom stereocenters. The first-order valence-electron chi connectivity index (χ1n) is 5.94. The Kier molecular flexibility index (Phi) is 4.25. The van der Waals surface area contributed by atoms with Crippen molar-refractivity contribution in [2.24, 2.45) is 0 Å². The largest absolute Gasteiger partial charge is 0.314 e. The van der Waals surface area contributed by atoms with E-state index < -0.39 is 0 Å². The Balaban J connectivity index is 2.06. The third kappa shape index (κ3) is 2.59. The van der Waals surface area contributed by atoms with Crippen molar-refractivity contribution in [3.63, 3.8) is 0 Å². The molecule has 0 aliphatic carbocycles. The minimum absolute atomic E-state index is 0.490. The lowest BCUT2D eigenvalue weighted by Crippen LogP contribution is -2.57. The van der Waals surface area contributed by atoms with Crippen molar-refractivity contribution >= 4 is 22.9 Å². The summed E-state index contributed by atoms with van der Waals surface area (Å²) in [7, 11) is 0. The molecule has 4 heteroatoms. The minimum Gasteiger partial charge on any atom is -0.314 e. The molecule has 2 rings (SSSR count). The Labute approximate surface area is 107 Å².